The summed E-state index contributed by atoms with van der Waals surface area (Å²) in [4.78, 5) is 23.8. The van der Waals surface area contributed by atoms with Crippen LogP contribution in [0.4, 0.5) is 21.0 Å². The average molecular weight is 554 g/mol. The number of hydrogen-bond donors (Lipinski definition) is 4. The van der Waals surface area contributed by atoms with Crippen molar-refractivity contribution in [3.63, 3.8) is 0 Å². The molecule has 4 amide bonds. The maximum Gasteiger partial charge on any atom is 2.00 e. The molecule has 4 aromatic rings. The standard InChI is InChI=1S/2C16H13N2O.Fe/c2*19-16(17-13-8-2-3-9-13)18-15-11-5-7-12-6-1-4-10-14(12)15;/h2*1-11H,(H2,17,18,19);/q;;+2. The van der Waals surface area contributed by atoms with Crippen LogP contribution in [0.5, 0.6) is 0 Å². The fourth-order valence-corrected chi connectivity index (χ4v) is 4.15. The summed E-state index contributed by atoms with van der Waals surface area (Å²) < 4.78 is 0. The van der Waals surface area contributed by atoms with Gasteiger partial charge in [-0.2, -0.15) is 0 Å². The van der Waals surface area contributed by atoms with Crippen LogP contribution in [0.25, 0.3) is 21.5 Å². The van der Waals surface area contributed by atoms with Crippen molar-refractivity contribution in [2.75, 3.05) is 10.6 Å². The molecule has 2 aliphatic rings. The van der Waals surface area contributed by atoms with Crippen molar-refractivity contribution in [3.8, 4) is 0 Å². The Balaban J connectivity index is 0.000000176. The van der Waals surface area contributed by atoms with Crippen molar-refractivity contribution in [1.29, 1.82) is 0 Å². The molecule has 2 aliphatic carbocycles. The fraction of sp³-hybridized carbons (Fsp3) is 0. The van der Waals surface area contributed by atoms with Gasteiger partial charge in [-0.25, -0.2) is 9.59 Å². The zero-order chi connectivity index (χ0) is 26.2. The summed E-state index contributed by atoms with van der Waals surface area (Å²) in [5.74, 6) is 0. The third kappa shape index (κ3) is 7.75. The number of carbonyl (C=O) groups excluding carboxylic acids is 2. The molecule has 0 bridgehead atoms. The molecule has 192 valence electrons. The number of hydrogen-bond acceptors (Lipinski definition) is 2. The van der Waals surface area contributed by atoms with Gasteiger partial charge in [0, 0.05) is 10.8 Å². The number of rotatable bonds is 4. The third-order valence-electron chi connectivity index (χ3n) is 5.92. The smallest absolute Gasteiger partial charge is 0.329 e. The molecule has 6 nitrogen and oxygen atoms in total. The summed E-state index contributed by atoms with van der Waals surface area (Å²) in [5, 5.41) is 15.6. The number of fused-ring (bicyclic) bond motifs is 2. The number of nitrogens with one attached hydrogen (secondary N) is 4. The Morgan fingerprint density at radius 1 is 0.436 bits per heavy atom. The first-order chi connectivity index (χ1) is 18.7. The van der Waals surface area contributed by atoms with Crippen molar-refractivity contribution >= 4 is 45.0 Å². The van der Waals surface area contributed by atoms with Crippen molar-refractivity contribution in [1.82, 2.24) is 10.6 Å². The van der Waals surface area contributed by atoms with Crippen LogP contribution in [-0.4, -0.2) is 12.1 Å². The first-order valence-corrected chi connectivity index (χ1v) is 12.2. The summed E-state index contributed by atoms with van der Waals surface area (Å²) in [6, 6.07) is 28.7. The van der Waals surface area contributed by atoms with Crippen LogP contribution < -0.4 is 21.3 Å². The molecular formula is C32H26FeN4O2+2. The van der Waals surface area contributed by atoms with E-state index in [0.717, 1.165) is 45.0 Å². The van der Waals surface area contributed by atoms with Crippen LogP contribution in [0.2, 0.25) is 0 Å². The average Bonchev–Trinajstić information content (AvgIpc) is 3.64. The maximum absolute atomic E-state index is 11.9. The molecular weight excluding hydrogens is 528 g/mol. The Bertz CT molecular complexity index is 1280. The monoisotopic (exact) mass is 554 g/mol. The van der Waals surface area contributed by atoms with Crippen LogP contribution in [0, 0.1) is 63.5 Å². The molecule has 0 atom stereocenters. The van der Waals surface area contributed by atoms with E-state index in [1.54, 1.807) is 0 Å². The number of urea groups is 2. The second-order valence-corrected chi connectivity index (χ2v) is 8.56. The van der Waals surface area contributed by atoms with E-state index in [1.807, 2.05) is 136 Å². The van der Waals surface area contributed by atoms with Gasteiger partial charge >= 0.3 is 29.1 Å². The van der Waals surface area contributed by atoms with Crippen LogP contribution >= 0.6 is 0 Å². The maximum atomic E-state index is 11.9. The van der Waals surface area contributed by atoms with Crippen molar-refractivity contribution < 1.29 is 26.7 Å². The Morgan fingerprint density at radius 2 is 0.795 bits per heavy atom. The van der Waals surface area contributed by atoms with E-state index >= 15 is 0 Å². The summed E-state index contributed by atoms with van der Waals surface area (Å²) in [5.41, 5.74) is 1.62. The summed E-state index contributed by atoms with van der Waals surface area (Å²) in [7, 11) is 0. The molecule has 4 N–H and O–H groups in total. The van der Waals surface area contributed by atoms with Gasteiger partial charge in [0.2, 0.25) is 0 Å². The molecule has 0 spiro atoms. The third-order valence-corrected chi connectivity index (χ3v) is 5.92. The van der Waals surface area contributed by atoms with Gasteiger partial charge < -0.3 is 21.3 Å². The van der Waals surface area contributed by atoms with E-state index in [0.29, 0.717) is 0 Å². The van der Waals surface area contributed by atoms with E-state index in [2.05, 4.69) is 21.3 Å². The quantitative estimate of drug-likeness (QED) is 0.213. The Morgan fingerprint density at radius 3 is 1.21 bits per heavy atom. The summed E-state index contributed by atoms with van der Waals surface area (Å²) in [6.45, 7) is 0. The number of carbonyl (C=O) groups is 2. The number of benzene rings is 4. The normalized spacial score (nSPS) is 15.2. The second kappa shape index (κ2) is 14.0. The molecule has 0 aromatic heterocycles. The zero-order valence-electron chi connectivity index (χ0n) is 20.9. The van der Waals surface area contributed by atoms with Gasteiger partial charge in [0.15, 0.2) is 0 Å². The molecule has 4 aromatic carbocycles. The largest absolute Gasteiger partial charge is 2.00 e. The predicted octanol–water partition coefficient (Wildman–Crippen LogP) is 6.65. The van der Waals surface area contributed by atoms with Gasteiger partial charge in [-0.1, -0.05) is 72.8 Å². The minimum Gasteiger partial charge on any atom is -0.329 e. The van der Waals surface area contributed by atoms with E-state index in [-0.39, 0.29) is 29.1 Å². The Labute approximate surface area is 240 Å². The minimum absolute atomic E-state index is 0. The van der Waals surface area contributed by atoms with Gasteiger partial charge in [0.05, 0.1) is 23.5 Å². The van der Waals surface area contributed by atoms with Gasteiger partial charge in [0.1, 0.15) is 0 Å². The van der Waals surface area contributed by atoms with Crippen LogP contribution in [0.1, 0.15) is 0 Å². The topological polar surface area (TPSA) is 82.3 Å². The van der Waals surface area contributed by atoms with Crippen LogP contribution in [0.3, 0.4) is 0 Å². The van der Waals surface area contributed by atoms with Gasteiger partial charge in [-0.15, -0.1) is 0 Å². The van der Waals surface area contributed by atoms with Crippen molar-refractivity contribution in [2.45, 2.75) is 0 Å². The molecule has 6 rings (SSSR count). The zero-order valence-corrected chi connectivity index (χ0v) is 22.0. The number of anilines is 2. The van der Waals surface area contributed by atoms with E-state index in [1.165, 1.54) is 0 Å². The van der Waals surface area contributed by atoms with E-state index in [9.17, 15) is 9.59 Å². The molecule has 0 unspecified atom stereocenters. The molecule has 7 heteroatoms. The van der Waals surface area contributed by atoms with Gasteiger partial charge in [-0.05, 0) is 74.3 Å². The summed E-state index contributed by atoms with van der Waals surface area (Å²) in [6.07, 6.45) is 14.9. The molecule has 0 heterocycles. The SMILES string of the molecule is O=C(N[C]1[CH][CH][CH][CH]1)Nc1cccc2ccccc12.O=C(N[C]1[CH][CH][CH][CH]1)Nc1cccc2ccccc12.[Fe+2]. The van der Waals surface area contributed by atoms with Crippen LogP contribution in [0.15, 0.2) is 84.9 Å². The van der Waals surface area contributed by atoms with E-state index < -0.39 is 0 Å². The molecule has 10 radical (unpaired) electrons. The minimum atomic E-state index is -0.234. The molecule has 2 saturated carbocycles. The summed E-state index contributed by atoms with van der Waals surface area (Å²) >= 11 is 0. The van der Waals surface area contributed by atoms with Gasteiger partial charge in [0.25, 0.3) is 0 Å². The fourth-order valence-electron chi connectivity index (χ4n) is 4.15. The first-order valence-electron chi connectivity index (χ1n) is 12.2. The molecule has 39 heavy (non-hydrogen) atoms. The predicted molar refractivity (Wildman–Crippen MR) is 153 cm³/mol. The van der Waals surface area contributed by atoms with Crippen molar-refractivity contribution in [2.24, 2.45) is 0 Å². The van der Waals surface area contributed by atoms with Gasteiger partial charge in [-0.3, -0.25) is 0 Å². The molecule has 0 saturated heterocycles. The van der Waals surface area contributed by atoms with E-state index in [4.69, 9.17) is 0 Å². The number of amides is 4. The second-order valence-electron chi connectivity index (χ2n) is 8.56. The first kappa shape index (κ1) is 28.5. The molecule has 0 aliphatic heterocycles. The van der Waals surface area contributed by atoms with Crippen molar-refractivity contribution in [3.05, 3.63) is 148 Å². The molecule has 2 fully saturated rings. The Hall–Kier alpha value is -3.54. The Kier molecular flexibility index (Phi) is 10.2. The van der Waals surface area contributed by atoms with Crippen LogP contribution in [-0.2, 0) is 17.1 Å².